The SMILES string of the molecule is Cc1csc(SCc2ccc(C(=O)N3CCN(c4cccc(Cl)c4)CC3)cc2)n1. The number of benzene rings is 2. The maximum atomic E-state index is 12.9. The number of piperazine rings is 1. The molecule has 0 aliphatic carbocycles. The molecule has 0 saturated carbocycles. The van der Waals surface area contributed by atoms with Crippen molar-refractivity contribution in [2.75, 3.05) is 31.1 Å². The molecule has 29 heavy (non-hydrogen) atoms. The zero-order valence-electron chi connectivity index (χ0n) is 16.2. The number of thioether (sulfide) groups is 1. The first-order chi connectivity index (χ1) is 14.1. The summed E-state index contributed by atoms with van der Waals surface area (Å²) in [4.78, 5) is 21.5. The van der Waals surface area contributed by atoms with Crippen molar-refractivity contribution in [2.45, 2.75) is 17.0 Å². The van der Waals surface area contributed by atoms with E-state index in [1.165, 1.54) is 5.56 Å². The number of carbonyl (C=O) groups is 1. The van der Waals surface area contributed by atoms with E-state index in [9.17, 15) is 4.79 Å². The van der Waals surface area contributed by atoms with Gasteiger partial charge in [-0.15, -0.1) is 11.3 Å². The molecular formula is C22H22ClN3OS2. The Hall–Kier alpha value is -2.02. The highest BCUT2D eigenvalue weighted by molar-refractivity contribution is 8.00. The normalized spacial score (nSPS) is 14.3. The fourth-order valence-electron chi connectivity index (χ4n) is 3.31. The molecular weight excluding hydrogens is 422 g/mol. The van der Waals surface area contributed by atoms with Crippen LogP contribution in [0.15, 0.2) is 58.3 Å². The molecule has 1 aliphatic rings. The van der Waals surface area contributed by atoms with Crippen LogP contribution in [-0.2, 0) is 5.75 Å². The smallest absolute Gasteiger partial charge is 0.253 e. The first kappa shape index (κ1) is 20.3. The van der Waals surface area contributed by atoms with Crippen LogP contribution in [0.2, 0.25) is 5.02 Å². The number of aromatic nitrogens is 1. The van der Waals surface area contributed by atoms with E-state index in [4.69, 9.17) is 11.6 Å². The number of amides is 1. The maximum Gasteiger partial charge on any atom is 0.253 e. The monoisotopic (exact) mass is 443 g/mol. The van der Waals surface area contributed by atoms with Gasteiger partial charge in [-0.25, -0.2) is 4.98 Å². The molecule has 0 N–H and O–H groups in total. The van der Waals surface area contributed by atoms with Crippen molar-refractivity contribution in [3.05, 3.63) is 75.8 Å². The van der Waals surface area contributed by atoms with Gasteiger partial charge in [-0.2, -0.15) is 0 Å². The maximum absolute atomic E-state index is 12.9. The van der Waals surface area contributed by atoms with Gasteiger partial charge in [0.05, 0.1) is 0 Å². The van der Waals surface area contributed by atoms with Crippen LogP contribution in [0.1, 0.15) is 21.6 Å². The molecule has 1 fully saturated rings. The Morgan fingerprint density at radius 2 is 1.90 bits per heavy atom. The number of rotatable bonds is 5. The number of halogens is 1. The fourth-order valence-corrected chi connectivity index (χ4v) is 5.30. The third-order valence-corrected chi connectivity index (χ3v) is 7.35. The number of nitrogens with zero attached hydrogens (tertiary/aromatic N) is 3. The Morgan fingerprint density at radius 3 is 2.55 bits per heavy atom. The van der Waals surface area contributed by atoms with Gasteiger partial charge in [-0.05, 0) is 42.8 Å². The molecule has 1 aromatic heterocycles. The van der Waals surface area contributed by atoms with Crippen LogP contribution in [0.3, 0.4) is 0 Å². The zero-order valence-corrected chi connectivity index (χ0v) is 18.6. The van der Waals surface area contributed by atoms with Crippen molar-refractivity contribution in [2.24, 2.45) is 0 Å². The molecule has 2 aromatic carbocycles. The van der Waals surface area contributed by atoms with Gasteiger partial charge in [0, 0.05) is 59.3 Å². The van der Waals surface area contributed by atoms with Gasteiger partial charge in [-0.3, -0.25) is 4.79 Å². The summed E-state index contributed by atoms with van der Waals surface area (Å²) in [7, 11) is 0. The van der Waals surface area contributed by atoms with E-state index in [0.717, 1.165) is 45.1 Å². The van der Waals surface area contributed by atoms with Crippen molar-refractivity contribution in [1.29, 1.82) is 0 Å². The number of thiazole rings is 1. The van der Waals surface area contributed by atoms with Gasteiger partial charge in [0.25, 0.3) is 5.91 Å². The summed E-state index contributed by atoms with van der Waals surface area (Å²) in [5, 5.41) is 2.81. The molecule has 150 valence electrons. The summed E-state index contributed by atoms with van der Waals surface area (Å²) in [5.74, 6) is 0.963. The highest BCUT2D eigenvalue weighted by atomic mass is 35.5. The second-order valence-corrected chi connectivity index (χ2v) is 9.52. The molecule has 3 aromatic rings. The summed E-state index contributed by atoms with van der Waals surface area (Å²) in [5.41, 5.74) is 4.13. The minimum Gasteiger partial charge on any atom is -0.368 e. The minimum absolute atomic E-state index is 0.102. The quantitative estimate of drug-likeness (QED) is 0.497. The average molecular weight is 444 g/mol. The number of anilines is 1. The van der Waals surface area contributed by atoms with Gasteiger partial charge < -0.3 is 9.80 Å². The summed E-state index contributed by atoms with van der Waals surface area (Å²) < 4.78 is 1.08. The number of carbonyl (C=O) groups excluding carboxylic acids is 1. The predicted octanol–water partition coefficient (Wildman–Crippen LogP) is 5.36. The Bertz CT molecular complexity index is 982. The minimum atomic E-state index is 0.102. The largest absolute Gasteiger partial charge is 0.368 e. The Labute approximate surface area is 184 Å². The van der Waals surface area contributed by atoms with E-state index < -0.39 is 0 Å². The van der Waals surface area contributed by atoms with E-state index in [1.54, 1.807) is 23.1 Å². The van der Waals surface area contributed by atoms with Crippen LogP contribution in [0.25, 0.3) is 0 Å². The lowest BCUT2D eigenvalue weighted by atomic mass is 10.1. The lowest BCUT2D eigenvalue weighted by molar-refractivity contribution is 0.0747. The summed E-state index contributed by atoms with van der Waals surface area (Å²) >= 11 is 9.51. The van der Waals surface area contributed by atoms with Crippen LogP contribution in [0.5, 0.6) is 0 Å². The second-order valence-electron chi connectivity index (χ2n) is 7.00. The van der Waals surface area contributed by atoms with E-state index >= 15 is 0 Å². The van der Waals surface area contributed by atoms with Gasteiger partial charge >= 0.3 is 0 Å². The summed E-state index contributed by atoms with van der Waals surface area (Å²) in [6, 6.07) is 15.8. The molecule has 0 unspecified atom stereocenters. The Morgan fingerprint density at radius 1 is 1.14 bits per heavy atom. The third kappa shape index (κ3) is 5.13. The number of aryl methyl sites for hydroxylation is 1. The van der Waals surface area contributed by atoms with Crippen molar-refractivity contribution in [3.8, 4) is 0 Å². The molecule has 0 spiro atoms. The van der Waals surface area contributed by atoms with Crippen LogP contribution in [0.4, 0.5) is 5.69 Å². The molecule has 7 heteroatoms. The van der Waals surface area contributed by atoms with Gasteiger partial charge in [-0.1, -0.05) is 41.6 Å². The van der Waals surface area contributed by atoms with E-state index in [2.05, 4.69) is 21.3 Å². The highest BCUT2D eigenvalue weighted by Gasteiger charge is 2.22. The summed E-state index contributed by atoms with van der Waals surface area (Å²) in [6.45, 7) is 5.07. The molecule has 2 heterocycles. The van der Waals surface area contributed by atoms with Crippen molar-refractivity contribution >= 4 is 46.3 Å². The van der Waals surface area contributed by atoms with Crippen LogP contribution in [0, 0.1) is 6.92 Å². The molecule has 0 radical (unpaired) electrons. The molecule has 0 atom stereocenters. The Balaban J connectivity index is 1.31. The summed E-state index contributed by atoms with van der Waals surface area (Å²) in [6.07, 6.45) is 0. The molecule has 4 rings (SSSR count). The molecule has 1 aliphatic heterocycles. The molecule has 1 saturated heterocycles. The Kier molecular flexibility index (Phi) is 6.43. The van der Waals surface area contributed by atoms with Crippen molar-refractivity contribution in [3.63, 3.8) is 0 Å². The first-order valence-electron chi connectivity index (χ1n) is 9.52. The van der Waals surface area contributed by atoms with E-state index in [1.807, 2.05) is 54.3 Å². The van der Waals surface area contributed by atoms with E-state index in [0.29, 0.717) is 13.1 Å². The topological polar surface area (TPSA) is 36.4 Å². The average Bonchev–Trinajstić information content (AvgIpc) is 3.17. The van der Waals surface area contributed by atoms with Crippen molar-refractivity contribution in [1.82, 2.24) is 9.88 Å². The van der Waals surface area contributed by atoms with Crippen LogP contribution >= 0.6 is 34.7 Å². The van der Waals surface area contributed by atoms with Crippen LogP contribution in [-0.4, -0.2) is 42.0 Å². The molecule has 4 nitrogen and oxygen atoms in total. The number of hydrogen-bond acceptors (Lipinski definition) is 5. The fraction of sp³-hybridized carbons (Fsp3) is 0.273. The highest BCUT2D eigenvalue weighted by Crippen LogP contribution is 2.26. The zero-order chi connectivity index (χ0) is 20.2. The van der Waals surface area contributed by atoms with Crippen LogP contribution < -0.4 is 4.90 Å². The molecule has 1 amide bonds. The van der Waals surface area contributed by atoms with Gasteiger partial charge in [0.15, 0.2) is 0 Å². The standard InChI is InChI=1S/C22H22ClN3OS2/c1-16-14-28-22(24-16)29-15-17-5-7-18(8-6-17)21(27)26-11-9-25(10-12-26)20-4-2-3-19(23)13-20/h2-8,13-14H,9-12,15H2,1H3. The van der Waals surface area contributed by atoms with Crippen molar-refractivity contribution < 1.29 is 4.79 Å². The van der Waals surface area contributed by atoms with E-state index in [-0.39, 0.29) is 5.91 Å². The van der Waals surface area contributed by atoms with Gasteiger partial charge in [0.1, 0.15) is 4.34 Å². The number of hydrogen-bond donors (Lipinski definition) is 0. The molecule has 0 bridgehead atoms. The third-order valence-electron chi connectivity index (χ3n) is 4.90. The lowest BCUT2D eigenvalue weighted by Crippen LogP contribution is -2.48. The first-order valence-corrected chi connectivity index (χ1v) is 11.8. The second kappa shape index (κ2) is 9.20. The van der Waals surface area contributed by atoms with Gasteiger partial charge in [0.2, 0.25) is 0 Å². The predicted molar refractivity (Wildman–Crippen MR) is 122 cm³/mol. The lowest BCUT2D eigenvalue weighted by Gasteiger charge is -2.36.